The highest BCUT2D eigenvalue weighted by molar-refractivity contribution is 14.1. The summed E-state index contributed by atoms with van der Waals surface area (Å²) < 4.78 is 13.6. The molecule has 0 saturated carbocycles. The first-order chi connectivity index (χ1) is 14.0. The van der Waals surface area contributed by atoms with Crippen molar-refractivity contribution in [3.8, 4) is 17.3 Å². The molecule has 3 rings (SSSR count). The lowest BCUT2D eigenvalue weighted by Crippen LogP contribution is -2.10. The molecule has 1 atom stereocenters. The first-order valence-electron chi connectivity index (χ1n) is 9.12. The molecular formula is C20H22IN5O3. The number of carbonyl (C=O) groups excluding carboxylic acids is 1. The van der Waals surface area contributed by atoms with E-state index in [0.717, 1.165) is 16.4 Å². The third-order valence-electron chi connectivity index (χ3n) is 4.42. The molecule has 0 amide bonds. The number of rotatable bonds is 8. The summed E-state index contributed by atoms with van der Waals surface area (Å²) >= 11 is 2.15. The summed E-state index contributed by atoms with van der Waals surface area (Å²) in [6.45, 7) is 2.56. The molecule has 0 spiro atoms. The fourth-order valence-electron chi connectivity index (χ4n) is 2.92. The number of halogens is 1. The van der Waals surface area contributed by atoms with Crippen LogP contribution in [-0.4, -0.2) is 39.4 Å². The number of aromatic nitrogens is 4. The van der Waals surface area contributed by atoms with Gasteiger partial charge in [0.25, 0.3) is 0 Å². The minimum atomic E-state index is -0.407. The van der Waals surface area contributed by atoms with Gasteiger partial charge in [0, 0.05) is 9.61 Å². The third kappa shape index (κ3) is 5.22. The maximum absolute atomic E-state index is 11.9. The Hall–Kier alpha value is -2.69. The molecule has 0 saturated heterocycles. The van der Waals surface area contributed by atoms with E-state index >= 15 is 0 Å². The molecule has 29 heavy (non-hydrogen) atoms. The molecule has 0 aliphatic heterocycles. The van der Waals surface area contributed by atoms with Crippen molar-refractivity contribution in [1.82, 2.24) is 19.7 Å². The molecule has 1 aromatic carbocycles. The Morgan fingerprint density at radius 2 is 2.14 bits per heavy atom. The molecule has 2 N–H and O–H groups in total. The lowest BCUT2D eigenvalue weighted by Gasteiger charge is -2.16. The summed E-state index contributed by atoms with van der Waals surface area (Å²) in [5, 5.41) is 8.21. The standard InChI is InChI=1S/C20H22IN5O3/c1-13(26-12-23-25-19(26)16-6-3-7-18(22)24-16)5-4-10-29-17-9-8-14(21)11-15(17)20(27)28-2/h3,6-9,11-13H,4-5,10H2,1-2H3,(H2,22,24). The summed E-state index contributed by atoms with van der Waals surface area (Å²) in [5.41, 5.74) is 6.90. The lowest BCUT2D eigenvalue weighted by atomic mass is 10.1. The molecular weight excluding hydrogens is 485 g/mol. The summed E-state index contributed by atoms with van der Waals surface area (Å²) in [5.74, 6) is 1.24. The van der Waals surface area contributed by atoms with Crippen molar-refractivity contribution >= 4 is 34.4 Å². The van der Waals surface area contributed by atoms with Gasteiger partial charge < -0.3 is 19.8 Å². The Morgan fingerprint density at radius 1 is 1.31 bits per heavy atom. The smallest absolute Gasteiger partial charge is 0.341 e. The van der Waals surface area contributed by atoms with Crippen LogP contribution in [0.5, 0.6) is 5.75 Å². The number of anilines is 1. The van der Waals surface area contributed by atoms with Crippen LogP contribution in [-0.2, 0) is 4.74 Å². The van der Waals surface area contributed by atoms with Gasteiger partial charge in [-0.05, 0) is 72.7 Å². The monoisotopic (exact) mass is 507 g/mol. The number of nitrogens with zero attached hydrogens (tertiary/aromatic N) is 4. The molecule has 2 aromatic heterocycles. The summed E-state index contributed by atoms with van der Waals surface area (Å²) in [7, 11) is 1.36. The first-order valence-corrected chi connectivity index (χ1v) is 10.2. The van der Waals surface area contributed by atoms with Gasteiger partial charge in [-0.2, -0.15) is 0 Å². The minimum Gasteiger partial charge on any atom is -0.493 e. The number of pyridine rings is 1. The van der Waals surface area contributed by atoms with E-state index in [9.17, 15) is 4.79 Å². The quantitative estimate of drug-likeness (QED) is 0.282. The average molecular weight is 507 g/mol. The van der Waals surface area contributed by atoms with Crippen molar-refractivity contribution in [3.05, 3.63) is 51.9 Å². The Morgan fingerprint density at radius 3 is 2.90 bits per heavy atom. The molecule has 3 aromatic rings. The van der Waals surface area contributed by atoms with Gasteiger partial charge in [0.1, 0.15) is 29.2 Å². The summed E-state index contributed by atoms with van der Waals surface area (Å²) in [6.07, 6.45) is 3.32. The zero-order chi connectivity index (χ0) is 20.8. The predicted octanol–water partition coefficient (Wildman–Crippen LogP) is 3.73. The molecule has 9 heteroatoms. The number of nitrogens with two attached hydrogens (primary N) is 1. The number of hydrogen-bond acceptors (Lipinski definition) is 7. The average Bonchev–Trinajstić information content (AvgIpc) is 3.21. The van der Waals surface area contributed by atoms with Gasteiger partial charge in [-0.3, -0.25) is 0 Å². The van der Waals surface area contributed by atoms with Crippen LogP contribution in [0.3, 0.4) is 0 Å². The van der Waals surface area contributed by atoms with Crippen LogP contribution < -0.4 is 10.5 Å². The fraction of sp³-hybridized carbons (Fsp3) is 0.300. The molecule has 1 unspecified atom stereocenters. The van der Waals surface area contributed by atoms with Crippen molar-refractivity contribution in [3.63, 3.8) is 0 Å². The number of esters is 1. The molecule has 2 heterocycles. The van der Waals surface area contributed by atoms with Crippen LogP contribution in [0.25, 0.3) is 11.5 Å². The van der Waals surface area contributed by atoms with Gasteiger partial charge in [0.05, 0.1) is 13.7 Å². The number of hydrogen-bond donors (Lipinski definition) is 1. The van der Waals surface area contributed by atoms with Crippen molar-refractivity contribution in [2.75, 3.05) is 19.5 Å². The van der Waals surface area contributed by atoms with E-state index in [1.165, 1.54) is 7.11 Å². The molecule has 152 valence electrons. The van der Waals surface area contributed by atoms with E-state index in [1.54, 1.807) is 24.5 Å². The number of ether oxygens (including phenoxy) is 2. The normalized spacial score (nSPS) is 11.8. The van der Waals surface area contributed by atoms with Gasteiger partial charge in [0.2, 0.25) is 0 Å². The van der Waals surface area contributed by atoms with E-state index in [1.807, 2.05) is 22.8 Å². The molecule has 0 aliphatic carbocycles. The third-order valence-corrected chi connectivity index (χ3v) is 5.09. The van der Waals surface area contributed by atoms with E-state index in [2.05, 4.69) is 44.7 Å². The maximum Gasteiger partial charge on any atom is 0.341 e. The van der Waals surface area contributed by atoms with E-state index in [0.29, 0.717) is 35.3 Å². The van der Waals surface area contributed by atoms with Crippen molar-refractivity contribution in [2.24, 2.45) is 0 Å². The Bertz CT molecular complexity index is 992. The van der Waals surface area contributed by atoms with Crippen molar-refractivity contribution in [2.45, 2.75) is 25.8 Å². The number of methoxy groups -OCH3 is 1. The number of carbonyl (C=O) groups is 1. The summed E-state index contributed by atoms with van der Waals surface area (Å²) in [6, 6.07) is 11.0. The zero-order valence-corrected chi connectivity index (χ0v) is 18.4. The molecule has 0 bridgehead atoms. The zero-order valence-electron chi connectivity index (χ0n) is 16.2. The highest BCUT2D eigenvalue weighted by Gasteiger charge is 2.16. The topological polar surface area (TPSA) is 105 Å². The largest absolute Gasteiger partial charge is 0.493 e. The predicted molar refractivity (Wildman–Crippen MR) is 118 cm³/mol. The Kier molecular flexibility index (Phi) is 7.02. The van der Waals surface area contributed by atoms with Crippen molar-refractivity contribution < 1.29 is 14.3 Å². The molecule has 8 nitrogen and oxygen atoms in total. The van der Waals surface area contributed by atoms with Gasteiger partial charge >= 0.3 is 5.97 Å². The van der Waals surface area contributed by atoms with E-state index < -0.39 is 5.97 Å². The second-order valence-corrected chi connectivity index (χ2v) is 7.73. The summed E-state index contributed by atoms with van der Waals surface area (Å²) in [4.78, 5) is 16.3. The SMILES string of the molecule is COC(=O)c1cc(I)ccc1OCCCC(C)n1cnnc1-c1cccc(N)n1. The van der Waals surface area contributed by atoms with Crippen LogP contribution in [0.15, 0.2) is 42.7 Å². The van der Waals surface area contributed by atoms with Gasteiger partial charge in [-0.25, -0.2) is 9.78 Å². The van der Waals surface area contributed by atoms with Gasteiger partial charge in [-0.15, -0.1) is 10.2 Å². The first kappa shape index (κ1) is 21.0. The molecule has 0 aliphatic rings. The highest BCUT2D eigenvalue weighted by atomic mass is 127. The second-order valence-electron chi connectivity index (χ2n) is 6.48. The van der Waals surface area contributed by atoms with Crippen LogP contribution >= 0.6 is 22.6 Å². The number of benzene rings is 1. The second kappa shape index (κ2) is 9.68. The maximum atomic E-state index is 11.9. The van der Waals surface area contributed by atoms with E-state index in [-0.39, 0.29) is 6.04 Å². The van der Waals surface area contributed by atoms with Crippen molar-refractivity contribution in [1.29, 1.82) is 0 Å². The highest BCUT2D eigenvalue weighted by Crippen LogP contribution is 2.24. The Labute approximate surface area is 182 Å². The number of nitrogen functional groups attached to an aromatic ring is 1. The van der Waals surface area contributed by atoms with Crippen LogP contribution in [0.2, 0.25) is 0 Å². The van der Waals surface area contributed by atoms with Crippen LogP contribution in [0.4, 0.5) is 5.82 Å². The lowest BCUT2D eigenvalue weighted by molar-refractivity contribution is 0.0595. The van der Waals surface area contributed by atoms with Crippen LogP contribution in [0.1, 0.15) is 36.2 Å². The fourth-order valence-corrected chi connectivity index (χ4v) is 3.41. The minimum absolute atomic E-state index is 0.142. The van der Waals surface area contributed by atoms with Gasteiger partial charge in [0.15, 0.2) is 5.82 Å². The van der Waals surface area contributed by atoms with E-state index in [4.69, 9.17) is 15.2 Å². The van der Waals surface area contributed by atoms with Gasteiger partial charge in [-0.1, -0.05) is 6.07 Å². The Balaban J connectivity index is 1.60. The van der Waals surface area contributed by atoms with Crippen LogP contribution in [0, 0.1) is 3.57 Å². The molecule has 0 radical (unpaired) electrons. The molecule has 0 fully saturated rings.